The van der Waals surface area contributed by atoms with E-state index < -0.39 is 35.2 Å². The lowest BCUT2D eigenvalue weighted by Crippen LogP contribution is -2.35. The van der Waals surface area contributed by atoms with Crippen molar-refractivity contribution in [1.29, 1.82) is 0 Å². The predicted octanol–water partition coefficient (Wildman–Crippen LogP) is 3.04. The molecule has 1 atom stereocenters. The first-order valence-corrected chi connectivity index (χ1v) is 7.35. The van der Waals surface area contributed by atoms with Gasteiger partial charge < -0.3 is 10.4 Å². The van der Waals surface area contributed by atoms with Gasteiger partial charge in [0.15, 0.2) is 6.04 Å². The summed E-state index contributed by atoms with van der Waals surface area (Å²) in [6.45, 7) is 3.66. The molecule has 0 aliphatic rings. The highest BCUT2D eigenvalue weighted by atomic mass is 19.4. The van der Waals surface area contributed by atoms with Crippen LogP contribution in [0, 0.1) is 0 Å². The molecule has 6 nitrogen and oxygen atoms in total. The number of amides is 1. The third-order valence-electron chi connectivity index (χ3n) is 3.49. The van der Waals surface area contributed by atoms with Gasteiger partial charge in [0.05, 0.1) is 17.3 Å². The van der Waals surface area contributed by atoms with E-state index in [4.69, 9.17) is 0 Å². The maximum Gasteiger partial charge on any atom is 0.416 e. The summed E-state index contributed by atoms with van der Waals surface area (Å²) < 4.78 is 40.8. The Hall–Kier alpha value is -2.84. The third-order valence-corrected chi connectivity index (χ3v) is 3.49. The first kappa shape index (κ1) is 18.5. The molecule has 0 unspecified atom stereocenters. The quantitative estimate of drug-likeness (QED) is 0.863. The molecule has 0 radical (unpaired) electrons. The van der Waals surface area contributed by atoms with Gasteiger partial charge in [-0.25, -0.2) is 4.79 Å². The number of rotatable bonds is 5. The number of benzene rings is 1. The molecular weight excluding hydrogens is 339 g/mol. The van der Waals surface area contributed by atoms with Gasteiger partial charge >= 0.3 is 12.1 Å². The van der Waals surface area contributed by atoms with Crippen LogP contribution in [-0.2, 0) is 11.0 Å². The zero-order valence-corrected chi connectivity index (χ0v) is 13.4. The van der Waals surface area contributed by atoms with E-state index >= 15 is 0 Å². The number of carboxylic acids is 1. The molecule has 1 amide bonds. The maximum atomic E-state index is 13.1. The summed E-state index contributed by atoms with van der Waals surface area (Å²) in [5, 5.41) is 15.4. The highest BCUT2D eigenvalue weighted by Crippen LogP contribution is 2.34. The number of nitrogens with zero attached hydrogens (tertiary/aromatic N) is 2. The number of carboxylic acid groups (broad SMARTS) is 1. The van der Waals surface area contributed by atoms with Crippen molar-refractivity contribution in [3.05, 3.63) is 53.3 Å². The van der Waals surface area contributed by atoms with Crippen LogP contribution in [0.25, 0.3) is 0 Å². The van der Waals surface area contributed by atoms with Gasteiger partial charge in [-0.15, -0.1) is 0 Å². The lowest BCUT2D eigenvalue weighted by molar-refractivity contribution is -0.142. The second-order valence-electron chi connectivity index (χ2n) is 5.63. The van der Waals surface area contributed by atoms with E-state index in [0.717, 1.165) is 18.2 Å². The molecule has 0 spiro atoms. The number of aromatic nitrogens is 2. The minimum absolute atomic E-state index is 0.0252. The van der Waals surface area contributed by atoms with Crippen molar-refractivity contribution in [1.82, 2.24) is 15.1 Å². The van der Waals surface area contributed by atoms with E-state index in [1.165, 1.54) is 23.1 Å². The van der Waals surface area contributed by atoms with Gasteiger partial charge in [0.2, 0.25) is 0 Å². The van der Waals surface area contributed by atoms with Gasteiger partial charge in [0.25, 0.3) is 5.91 Å². The number of nitrogens with one attached hydrogen (secondary N) is 1. The molecule has 2 rings (SSSR count). The van der Waals surface area contributed by atoms with Crippen LogP contribution in [0.2, 0.25) is 0 Å². The van der Waals surface area contributed by atoms with E-state index in [1.54, 1.807) is 0 Å². The van der Waals surface area contributed by atoms with Crippen LogP contribution in [0.3, 0.4) is 0 Å². The predicted molar refractivity (Wildman–Crippen MR) is 81.9 cm³/mol. The minimum atomic E-state index is -4.74. The Kier molecular flexibility index (Phi) is 5.15. The van der Waals surface area contributed by atoms with Gasteiger partial charge in [-0.1, -0.05) is 18.2 Å². The molecule has 0 aliphatic heterocycles. The molecule has 1 heterocycles. The summed E-state index contributed by atoms with van der Waals surface area (Å²) in [6.07, 6.45) is -2.12. The Balaban J connectivity index is 2.34. The van der Waals surface area contributed by atoms with Crippen molar-refractivity contribution in [2.24, 2.45) is 0 Å². The van der Waals surface area contributed by atoms with Crippen molar-refractivity contribution >= 4 is 11.9 Å². The van der Waals surface area contributed by atoms with Crippen LogP contribution in [0.5, 0.6) is 0 Å². The van der Waals surface area contributed by atoms with Crippen molar-refractivity contribution in [2.45, 2.75) is 32.1 Å². The molecule has 0 saturated carbocycles. The number of carbonyl (C=O) groups is 2. The Morgan fingerprint density at radius 1 is 1.24 bits per heavy atom. The molecule has 25 heavy (non-hydrogen) atoms. The Morgan fingerprint density at radius 3 is 2.40 bits per heavy atom. The van der Waals surface area contributed by atoms with E-state index in [9.17, 15) is 27.9 Å². The molecule has 2 aromatic rings. The standard InChI is InChI=1S/C16H16F3N3O3/c1-9(2)22-8-10(7-20-22)14(23)21-13(15(24)25)11-5-3-4-6-12(11)16(17,18)19/h3-9,13H,1-2H3,(H,21,23)(H,24,25)/t13-/m0/s1. The smallest absolute Gasteiger partial charge is 0.416 e. The van der Waals surface area contributed by atoms with Crippen LogP contribution in [0.15, 0.2) is 36.7 Å². The van der Waals surface area contributed by atoms with Crippen LogP contribution in [-0.4, -0.2) is 26.8 Å². The average molecular weight is 355 g/mol. The van der Waals surface area contributed by atoms with Gasteiger partial charge in [0.1, 0.15) is 0 Å². The van der Waals surface area contributed by atoms with Crippen molar-refractivity contribution in [2.75, 3.05) is 0 Å². The summed E-state index contributed by atoms with van der Waals surface area (Å²) >= 11 is 0. The highest BCUT2D eigenvalue weighted by molar-refractivity contribution is 5.96. The lowest BCUT2D eigenvalue weighted by atomic mass is 9.99. The zero-order valence-electron chi connectivity index (χ0n) is 13.4. The number of hydrogen-bond donors (Lipinski definition) is 2. The summed E-state index contributed by atoms with van der Waals surface area (Å²) in [7, 11) is 0. The van der Waals surface area contributed by atoms with Gasteiger partial charge in [-0.05, 0) is 25.5 Å². The summed E-state index contributed by atoms with van der Waals surface area (Å²) in [5.74, 6) is -2.42. The fraction of sp³-hybridized carbons (Fsp3) is 0.312. The average Bonchev–Trinajstić information content (AvgIpc) is 3.01. The molecular formula is C16H16F3N3O3. The van der Waals surface area contributed by atoms with E-state index in [2.05, 4.69) is 10.4 Å². The van der Waals surface area contributed by atoms with Crippen LogP contribution >= 0.6 is 0 Å². The maximum absolute atomic E-state index is 13.1. The number of alkyl halides is 3. The van der Waals surface area contributed by atoms with Gasteiger partial charge in [-0.2, -0.15) is 18.3 Å². The van der Waals surface area contributed by atoms with Crippen molar-refractivity contribution in [3.63, 3.8) is 0 Å². The molecule has 9 heteroatoms. The summed E-state index contributed by atoms with van der Waals surface area (Å²) in [4.78, 5) is 23.7. The number of carbonyl (C=O) groups excluding carboxylic acids is 1. The van der Waals surface area contributed by atoms with Crippen LogP contribution in [0.1, 0.15) is 47.4 Å². The monoisotopic (exact) mass is 355 g/mol. The highest BCUT2D eigenvalue weighted by Gasteiger charge is 2.37. The Labute approximate surface area is 141 Å². The molecule has 0 aliphatic carbocycles. The van der Waals surface area contributed by atoms with Crippen LogP contribution < -0.4 is 5.32 Å². The van der Waals surface area contributed by atoms with Crippen LogP contribution in [0.4, 0.5) is 13.2 Å². The molecule has 2 N–H and O–H groups in total. The van der Waals surface area contributed by atoms with Crippen molar-refractivity contribution in [3.8, 4) is 0 Å². The Bertz CT molecular complexity index is 784. The molecule has 0 bridgehead atoms. The summed E-state index contributed by atoms with van der Waals surface area (Å²) in [6, 6.07) is 2.37. The zero-order chi connectivity index (χ0) is 18.8. The SMILES string of the molecule is CC(C)n1cc(C(=O)N[C@H](C(=O)O)c2ccccc2C(F)(F)F)cn1. The topological polar surface area (TPSA) is 84.2 Å². The molecule has 1 aromatic carbocycles. The number of aliphatic carboxylic acids is 1. The summed E-state index contributed by atoms with van der Waals surface area (Å²) in [5.41, 5.74) is -1.59. The fourth-order valence-corrected chi connectivity index (χ4v) is 2.23. The van der Waals surface area contributed by atoms with E-state index in [-0.39, 0.29) is 11.6 Å². The first-order valence-electron chi connectivity index (χ1n) is 7.35. The largest absolute Gasteiger partial charge is 0.479 e. The normalized spacial score (nSPS) is 12.9. The molecule has 0 saturated heterocycles. The second kappa shape index (κ2) is 6.96. The first-order chi connectivity index (χ1) is 11.6. The molecule has 134 valence electrons. The molecule has 0 fully saturated rings. The Morgan fingerprint density at radius 2 is 1.88 bits per heavy atom. The third kappa shape index (κ3) is 4.17. The van der Waals surface area contributed by atoms with Gasteiger partial charge in [0, 0.05) is 12.2 Å². The second-order valence-corrected chi connectivity index (χ2v) is 5.63. The van der Waals surface area contributed by atoms with E-state index in [0.29, 0.717) is 0 Å². The fourth-order valence-electron chi connectivity index (χ4n) is 2.23. The molecule has 1 aromatic heterocycles. The minimum Gasteiger partial charge on any atom is -0.479 e. The van der Waals surface area contributed by atoms with Crippen molar-refractivity contribution < 1.29 is 27.9 Å². The van der Waals surface area contributed by atoms with E-state index in [1.807, 2.05) is 13.8 Å². The van der Waals surface area contributed by atoms with Gasteiger partial charge in [-0.3, -0.25) is 9.48 Å². The lowest BCUT2D eigenvalue weighted by Gasteiger charge is -2.19. The number of halogens is 3. The number of hydrogen-bond acceptors (Lipinski definition) is 3.